The topological polar surface area (TPSA) is 82.1 Å². The lowest BCUT2D eigenvalue weighted by molar-refractivity contribution is -0.119. The standard InChI is InChI=1S/C28H34N4O3S/c1-6-31(7-2)25-13-11-24(12-14-25)19-29-30-28(33)20-32(27-17-10-22(4)18-23(27)5)36(34,35)26-15-8-21(3)9-16-26/h8-19H,6-7,20H2,1-5H3,(H,30,33)/b29-19-. The molecular formula is C28H34N4O3S. The van der Waals surface area contributed by atoms with E-state index < -0.39 is 22.5 Å². The Labute approximate surface area is 214 Å². The highest BCUT2D eigenvalue weighted by atomic mass is 32.2. The van der Waals surface area contributed by atoms with Gasteiger partial charge in [-0.2, -0.15) is 5.10 Å². The summed E-state index contributed by atoms with van der Waals surface area (Å²) < 4.78 is 28.2. The molecule has 36 heavy (non-hydrogen) atoms. The Balaban J connectivity index is 1.80. The summed E-state index contributed by atoms with van der Waals surface area (Å²) in [5.74, 6) is -0.540. The number of carbonyl (C=O) groups is 1. The van der Waals surface area contributed by atoms with E-state index in [-0.39, 0.29) is 4.90 Å². The van der Waals surface area contributed by atoms with E-state index in [0.717, 1.165) is 45.3 Å². The van der Waals surface area contributed by atoms with Crippen molar-refractivity contribution in [3.05, 3.63) is 89.0 Å². The van der Waals surface area contributed by atoms with Crippen molar-refractivity contribution in [2.75, 3.05) is 28.8 Å². The Morgan fingerprint density at radius 3 is 2.08 bits per heavy atom. The van der Waals surface area contributed by atoms with Gasteiger partial charge >= 0.3 is 0 Å². The number of hydrazone groups is 1. The Morgan fingerprint density at radius 2 is 1.50 bits per heavy atom. The molecule has 1 N–H and O–H groups in total. The summed E-state index contributed by atoms with van der Waals surface area (Å²) in [5, 5.41) is 4.05. The Hall–Kier alpha value is -3.65. The average molecular weight is 507 g/mol. The smallest absolute Gasteiger partial charge is 0.264 e. The van der Waals surface area contributed by atoms with Gasteiger partial charge in [-0.05, 0) is 76.1 Å². The van der Waals surface area contributed by atoms with Crippen molar-refractivity contribution < 1.29 is 13.2 Å². The first-order valence-corrected chi connectivity index (χ1v) is 13.4. The summed E-state index contributed by atoms with van der Waals surface area (Å²) in [7, 11) is -3.98. The Morgan fingerprint density at radius 1 is 0.889 bits per heavy atom. The summed E-state index contributed by atoms with van der Waals surface area (Å²) >= 11 is 0. The van der Waals surface area contributed by atoms with E-state index in [0.29, 0.717) is 5.69 Å². The van der Waals surface area contributed by atoms with Crippen LogP contribution in [0, 0.1) is 20.8 Å². The van der Waals surface area contributed by atoms with E-state index in [9.17, 15) is 13.2 Å². The highest BCUT2D eigenvalue weighted by Crippen LogP contribution is 2.27. The van der Waals surface area contributed by atoms with Gasteiger partial charge in [-0.25, -0.2) is 13.8 Å². The molecule has 0 aliphatic heterocycles. The van der Waals surface area contributed by atoms with Crippen LogP contribution in [-0.4, -0.2) is 40.2 Å². The number of aryl methyl sites for hydroxylation is 3. The predicted octanol–water partition coefficient (Wildman–Crippen LogP) is 4.80. The summed E-state index contributed by atoms with van der Waals surface area (Å²) in [5.41, 5.74) is 7.57. The van der Waals surface area contributed by atoms with Crippen LogP contribution in [0.4, 0.5) is 11.4 Å². The molecule has 3 aromatic carbocycles. The normalized spacial score (nSPS) is 11.5. The van der Waals surface area contributed by atoms with Gasteiger partial charge in [0.2, 0.25) is 0 Å². The van der Waals surface area contributed by atoms with E-state index in [2.05, 4.69) is 29.3 Å². The zero-order valence-corrected chi connectivity index (χ0v) is 22.3. The third-order valence-electron chi connectivity index (χ3n) is 5.94. The SMILES string of the molecule is CCN(CC)c1ccc(/C=N\NC(=O)CN(c2ccc(C)cc2C)S(=O)(=O)c2ccc(C)cc2)cc1. The molecule has 0 fully saturated rings. The molecule has 1 amide bonds. The molecule has 0 aliphatic rings. The van der Waals surface area contributed by atoms with Crippen LogP contribution in [0.2, 0.25) is 0 Å². The molecule has 0 unspecified atom stereocenters. The number of rotatable bonds is 10. The molecule has 3 aromatic rings. The number of anilines is 2. The van der Waals surface area contributed by atoms with Gasteiger partial charge in [0, 0.05) is 18.8 Å². The lowest BCUT2D eigenvalue weighted by Crippen LogP contribution is -2.40. The van der Waals surface area contributed by atoms with Gasteiger partial charge in [-0.3, -0.25) is 9.10 Å². The third-order valence-corrected chi connectivity index (χ3v) is 7.72. The van der Waals surface area contributed by atoms with Crippen molar-refractivity contribution in [2.45, 2.75) is 39.5 Å². The van der Waals surface area contributed by atoms with E-state index in [1.165, 1.54) is 0 Å². The van der Waals surface area contributed by atoms with Gasteiger partial charge in [0.15, 0.2) is 0 Å². The number of hydrogen-bond donors (Lipinski definition) is 1. The van der Waals surface area contributed by atoms with E-state index in [4.69, 9.17) is 0 Å². The van der Waals surface area contributed by atoms with Gasteiger partial charge in [0.05, 0.1) is 16.8 Å². The first kappa shape index (κ1) is 26.9. The third kappa shape index (κ3) is 6.51. The van der Waals surface area contributed by atoms with E-state index >= 15 is 0 Å². The van der Waals surface area contributed by atoms with Crippen molar-refractivity contribution in [3.8, 4) is 0 Å². The maximum atomic E-state index is 13.6. The van der Waals surface area contributed by atoms with Crippen LogP contribution in [-0.2, 0) is 14.8 Å². The molecular weight excluding hydrogens is 472 g/mol. The second kappa shape index (κ2) is 11.9. The van der Waals surface area contributed by atoms with Gasteiger partial charge in [0.1, 0.15) is 6.54 Å². The van der Waals surface area contributed by atoms with E-state index in [1.807, 2.05) is 57.2 Å². The molecule has 0 spiro atoms. The molecule has 0 saturated heterocycles. The first-order valence-electron chi connectivity index (χ1n) is 12.0. The number of nitrogens with zero attached hydrogens (tertiary/aromatic N) is 3. The fourth-order valence-corrected chi connectivity index (χ4v) is 5.41. The molecule has 7 nitrogen and oxygen atoms in total. The molecule has 0 aliphatic carbocycles. The van der Waals surface area contributed by atoms with Crippen molar-refractivity contribution in [3.63, 3.8) is 0 Å². The highest BCUT2D eigenvalue weighted by molar-refractivity contribution is 7.92. The summed E-state index contributed by atoms with van der Waals surface area (Å²) in [6.07, 6.45) is 1.54. The van der Waals surface area contributed by atoms with Crippen LogP contribution in [0.15, 0.2) is 76.7 Å². The summed E-state index contributed by atoms with van der Waals surface area (Å²) in [6, 6.07) is 19.9. The van der Waals surface area contributed by atoms with Crippen LogP contribution < -0.4 is 14.6 Å². The Bertz CT molecular complexity index is 1310. The number of sulfonamides is 1. The molecule has 0 atom stereocenters. The zero-order chi connectivity index (χ0) is 26.3. The minimum atomic E-state index is -3.98. The van der Waals surface area contributed by atoms with Crippen LogP contribution >= 0.6 is 0 Å². The van der Waals surface area contributed by atoms with Crippen LogP contribution in [0.3, 0.4) is 0 Å². The lowest BCUT2D eigenvalue weighted by Gasteiger charge is -2.25. The molecule has 3 rings (SSSR count). The second-order valence-corrected chi connectivity index (χ2v) is 10.5. The number of benzene rings is 3. The molecule has 0 bridgehead atoms. The maximum Gasteiger partial charge on any atom is 0.264 e. The van der Waals surface area contributed by atoms with Crippen LogP contribution in [0.1, 0.15) is 36.1 Å². The van der Waals surface area contributed by atoms with Gasteiger partial charge in [-0.1, -0.05) is 47.5 Å². The largest absolute Gasteiger partial charge is 0.372 e. The first-order chi connectivity index (χ1) is 17.1. The molecule has 8 heteroatoms. The van der Waals surface area contributed by atoms with Crippen LogP contribution in [0.5, 0.6) is 0 Å². The number of carbonyl (C=O) groups excluding carboxylic acids is 1. The molecule has 0 aromatic heterocycles. The second-order valence-electron chi connectivity index (χ2n) is 8.67. The minimum Gasteiger partial charge on any atom is -0.372 e. The molecule has 0 heterocycles. The highest BCUT2D eigenvalue weighted by Gasteiger charge is 2.28. The molecule has 0 saturated carbocycles. The number of amides is 1. The lowest BCUT2D eigenvalue weighted by atomic mass is 10.1. The quantitative estimate of drug-likeness (QED) is 0.316. The van der Waals surface area contributed by atoms with Gasteiger partial charge in [-0.15, -0.1) is 0 Å². The number of nitrogens with one attached hydrogen (secondary N) is 1. The summed E-state index contributed by atoms with van der Waals surface area (Å²) in [6.45, 7) is 11.3. The molecule has 190 valence electrons. The van der Waals surface area contributed by atoms with Crippen molar-refractivity contribution in [1.29, 1.82) is 0 Å². The van der Waals surface area contributed by atoms with Crippen molar-refractivity contribution in [2.24, 2.45) is 5.10 Å². The predicted molar refractivity (Wildman–Crippen MR) is 147 cm³/mol. The summed E-state index contributed by atoms with van der Waals surface area (Å²) in [4.78, 5) is 15.2. The zero-order valence-electron chi connectivity index (χ0n) is 21.5. The van der Waals surface area contributed by atoms with Crippen molar-refractivity contribution >= 4 is 33.5 Å². The Kier molecular flexibility index (Phi) is 8.88. The monoisotopic (exact) mass is 506 g/mol. The van der Waals surface area contributed by atoms with Gasteiger partial charge < -0.3 is 4.90 Å². The van der Waals surface area contributed by atoms with E-state index in [1.54, 1.807) is 36.5 Å². The van der Waals surface area contributed by atoms with Crippen LogP contribution in [0.25, 0.3) is 0 Å². The van der Waals surface area contributed by atoms with Gasteiger partial charge in [0.25, 0.3) is 15.9 Å². The minimum absolute atomic E-state index is 0.123. The number of hydrogen-bond acceptors (Lipinski definition) is 5. The average Bonchev–Trinajstić information content (AvgIpc) is 2.85. The maximum absolute atomic E-state index is 13.6. The fourth-order valence-electron chi connectivity index (χ4n) is 3.93. The fraction of sp³-hybridized carbons (Fsp3) is 0.286. The van der Waals surface area contributed by atoms with Crippen molar-refractivity contribution in [1.82, 2.24) is 5.43 Å². The molecule has 0 radical (unpaired) electrons.